The standard InChI is InChI=1S/C16H25N5O3S/c22-16(18-15-4-3-6-17-14-15)5-9-19-10-12-21(13-11-19)25(23,24)20-7-1-2-8-20/h3-4,6,14H,1-2,5,7-13H2,(H,18,22). The molecule has 0 aromatic carbocycles. The second-order valence-electron chi connectivity index (χ2n) is 6.39. The van der Waals surface area contributed by atoms with Crippen LogP contribution in [0.5, 0.6) is 0 Å². The lowest BCUT2D eigenvalue weighted by molar-refractivity contribution is -0.116. The van der Waals surface area contributed by atoms with Gasteiger partial charge in [-0.15, -0.1) is 0 Å². The zero-order valence-corrected chi connectivity index (χ0v) is 15.1. The third-order valence-electron chi connectivity index (χ3n) is 4.65. The molecule has 0 unspecified atom stereocenters. The summed E-state index contributed by atoms with van der Waals surface area (Å²) in [5.74, 6) is -0.0554. The van der Waals surface area contributed by atoms with Gasteiger partial charge in [0.1, 0.15) is 0 Å². The Bertz CT molecular complexity index is 668. The van der Waals surface area contributed by atoms with Gasteiger partial charge in [-0.05, 0) is 25.0 Å². The number of hydrogen-bond acceptors (Lipinski definition) is 5. The molecule has 2 fully saturated rings. The molecule has 3 heterocycles. The summed E-state index contributed by atoms with van der Waals surface area (Å²) in [6.45, 7) is 4.20. The number of anilines is 1. The van der Waals surface area contributed by atoms with Gasteiger partial charge in [0.2, 0.25) is 5.91 Å². The summed E-state index contributed by atoms with van der Waals surface area (Å²) in [5, 5.41) is 2.81. The molecule has 1 amide bonds. The summed E-state index contributed by atoms with van der Waals surface area (Å²) in [6.07, 6.45) is 5.55. The van der Waals surface area contributed by atoms with Gasteiger partial charge in [0.15, 0.2) is 0 Å². The van der Waals surface area contributed by atoms with Crippen LogP contribution in [0.25, 0.3) is 0 Å². The highest BCUT2D eigenvalue weighted by molar-refractivity contribution is 7.86. The Morgan fingerprint density at radius 2 is 1.76 bits per heavy atom. The van der Waals surface area contributed by atoms with E-state index in [9.17, 15) is 13.2 Å². The maximum atomic E-state index is 12.5. The van der Waals surface area contributed by atoms with Crippen LogP contribution in [0.1, 0.15) is 19.3 Å². The molecular weight excluding hydrogens is 342 g/mol. The summed E-state index contributed by atoms with van der Waals surface area (Å²) in [7, 11) is -3.30. The van der Waals surface area contributed by atoms with Crippen molar-refractivity contribution >= 4 is 21.8 Å². The largest absolute Gasteiger partial charge is 0.325 e. The predicted octanol–water partition coefficient (Wildman–Crippen LogP) is 0.368. The monoisotopic (exact) mass is 367 g/mol. The lowest BCUT2D eigenvalue weighted by atomic mass is 10.3. The van der Waals surface area contributed by atoms with Gasteiger partial charge >= 0.3 is 0 Å². The molecule has 0 saturated carbocycles. The predicted molar refractivity (Wildman–Crippen MR) is 95.2 cm³/mol. The molecule has 2 aliphatic heterocycles. The molecule has 0 spiro atoms. The summed E-state index contributed by atoms with van der Waals surface area (Å²) < 4.78 is 28.2. The molecule has 1 N–H and O–H groups in total. The number of aromatic nitrogens is 1. The minimum absolute atomic E-state index is 0.0554. The number of carbonyl (C=O) groups excluding carboxylic acids is 1. The Balaban J connectivity index is 1.41. The highest BCUT2D eigenvalue weighted by Crippen LogP contribution is 2.18. The molecular formula is C16H25N5O3S. The average Bonchev–Trinajstić information content (AvgIpc) is 3.17. The maximum Gasteiger partial charge on any atom is 0.282 e. The van der Waals surface area contributed by atoms with Crippen molar-refractivity contribution in [1.82, 2.24) is 18.5 Å². The Morgan fingerprint density at radius 3 is 2.40 bits per heavy atom. The van der Waals surface area contributed by atoms with Crippen molar-refractivity contribution in [1.29, 1.82) is 0 Å². The number of amides is 1. The molecule has 2 aliphatic rings. The smallest absolute Gasteiger partial charge is 0.282 e. The number of hydrogen-bond donors (Lipinski definition) is 1. The molecule has 138 valence electrons. The van der Waals surface area contributed by atoms with Gasteiger partial charge in [-0.25, -0.2) is 0 Å². The van der Waals surface area contributed by atoms with Crippen molar-refractivity contribution in [3.8, 4) is 0 Å². The van der Waals surface area contributed by atoms with Crippen LogP contribution in [0.3, 0.4) is 0 Å². The van der Waals surface area contributed by atoms with E-state index in [2.05, 4.69) is 15.2 Å². The first-order valence-electron chi connectivity index (χ1n) is 8.73. The Labute approximate surface area is 149 Å². The highest BCUT2D eigenvalue weighted by Gasteiger charge is 2.33. The van der Waals surface area contributed by atoms with Crippen molar-refractivity contribution in [2.45, 2.75) is 19.3 Å². The Kier molecular flexibility index (Phi) is 6.00. The fourth-order valence-corrected chi connectivity index (χ4v) is 4.86. The van der Waals surface area contributed by atoms with Crippen LogP contribution in [-0.4, -0.2) is 78.6 Å². The summed E-state index contributed by atoms with van der Waals surface area (Å²) >= 11 is 0. The van der Waals surface area contributed by atoms with Crippen molar-refractivity contribution in [2.75, 3.05) is 51.1 Å². The summed E-state index contributed by atoms with van der Waals surface area (Å²) in [5.41, 5.74) is 0.689. The number of piperazine rings is 1. The molecule has 1 aromatic rings. The molecule has 8 nitrogen and oxygen atoms in total. The van der Waals surface area contributed by atoms with E-state index >= 15 is 0 Å². The quantitative estimate of drug-likeness (QED) is 0.785. The molecule has 9 heteroatoms. The van der Waals surface area contributed by atoms with Gasteiger partial charge in [0.25, 0.3) is 10.2 Å². The highest BCUT2D eigenvalue weighted by atomic mass is 32.2. The van der Waals surface area contributed by atoms with Crippen LogP contribution in [0.15, 0.2) is 24.5 Å². The molecule has 0 atom stereocenters. The van der Waals surface area contributed by atoms with Gasteiger partial charge in [-0.2, -0.15) is 17.0 Å². The molecule has 25 heavy (non-hydrogen) atoms. The van der Waals surface area contributed by atoms with Crippen molar-refractivity contribution in [3.05, 3.63) is 24.5 Å². The van der Waals surface area contributed by atoms with Gasteiger partial charge < -0.3 is 10.2 Å². The van der Waals surface area contributed by atoms with Gasteiger partial charge in [-0.3, -0.25) is 9.78 Å². The van der Waals surface area contributed by atoms with Gasteiger partial charge in [-0.1, -0.05) is 0 Å². The van der Waals surface area contributed by atoms with Crippen LogP contribution >= 0.6 is 0 Å². The van der Waals surface area contributed by atoms with Crippen molar-refractivity contribution in [2.24, 2.45) is 0 Å². The Morgan fingerprint density at radius 1 is 1.08 bits per heavy atom. The lowest BCUT2D eigenvalue weighted by Crippen LogP contribution is -2.52. The van der Waals surface area contributed by atoms with Gasteiger partial charge in [0, 0.05) is 58.4 Å². The molecule has 3 rings (SSSR count). The van der Waals surface area contributed by atoms with E-state index in [0.717, 1.165) is 12.8 Å². The van der Waals surface area contributed by atoms with Crippen molar-refractivity contribution < 1.29 is 13.2 Å². The minimum Gasteiger partial charge on any atom is -0.325 e. The topological polar surface area (TPSA) is 85.9 Å². The Hall–Kier alpha value is -1.55. The first-order chi connectivity index (χ1) is 12.1. The zero-order chi connectivity index (χ0) is 17.7. The summed E-state index contributed by atoms with van der Waals surface area (Å²) in [4.78, 5) is 18.1. The third-order valence-corrected chi connectivity index (χ3v) is 6.68. The molecule has 0 aliphatic carbocycles. The number of nitrogens with one attached hydrogen (secondary N) is 1. The van der Waals surface area contributed by atoms with Crippen LogP contribution in [-0.2, 0) is 15.0 Å². The molecule has 0 radical (unpaired) electrons. The molecule has 1 aromatic heterocycles. The number of nitrogens with zero attached hydrogens (tertiary/aromatic N) is 4. The number of carbonyl (C=O) groups is 1. The summed E-state index contributed by atoms with van der Waals surface area (Å²) in [6, 6.07) is 3.57. The molecule has 0 bridgehead atoms. The molecule has 2 saturated heterocycles. The van der Waals surface area contributed by atoms with E-state index < -0.39 is 10.2 Å². The lowest BCUT2D eigenvalue weighted by Gasteiger charge is -2.35. The second-order valence-corrected chi connectivity index (χ2v) is 8.32. The van der Waals surface area contributed by atoms with E-state index in [-0.39, 0.29) is 5.91 Å². The number of rotatable bonds is 6. The zero-order valence-electron chi connectivity index (χ0n) is 14.3. The van der Waals surface area contributed by atoms with E-state index in [4.69, 9.17) is 0 Å². The number of pyridine rings is 1. The van der Waals surface area contributed by atoms with Crippen molar-refractivity contribution in [3.63, 3.8) is 0 Å². The fourth-order valence-electron chi connectivity index (χ4n) is 3.19. The van der Waals surface area contributed by atoms with Crippen LogP contribution in [0.4, 0.5) is 5.69 Å². The van der Waals surface area contributed by atoms with Gasteiger partial charge in [0.05, 0.1) is 11.9 Å². The third kappa shape index (κ3) is 4.75. The van der Waals surface area contributed by atoms with Crippen LogP contribution in [0, 0.1) is 0 Å². The van der Waals surface area contributed by atoms with E-state index in [1.54, 1.807) is 33.1 Å². The SMILES string of the molecule is O=C(CCN1CCN(S(=O)(=O)N2CCCC2)CC1)Nc1cccnc1. The average molecular weight is 367 g/mol. The van der Waals surface area contributed by atoms with E-state index in [0.29, 0.717) is 57.9 Å². The first-order valence-corrected chi connectivity index (χ1v) is 10.1. The fraction of sp³-hybridized carbons (Fsp3) is 0.625. The van der Waals surface area contributed by atoms with E-state index in [1.165, 1.54) is 0 Å². The maximum absolute atomic E-state index is 12.5. The second kappa shape index (κ2) is 8.22. The first kappa shape index (κ1) is 18.2. The van der Waals surface area contributed by atoms with E-state index in [1.807, 2.05) is 0 Å². The normalized spacial score (nSPS) is 20.6. The van der Waals surface area contributed by atoms with Crippen LogP contribution in [0.2, 0.25) is 0 Å². The minimum atomic E-state index is -3.30. The van der Waals surface area contributed by atoms with Crippen LogP contribution < -0.4 is 5.32 Å².